The number of rotatable bonds is 5. The molecule has 0 spiro atoms. The van der Waals surface area contributed by atoms with Gasteiger partial charge in [-0.2, -0.15) is 0 Å². The molecule has 2 amide bonds. The van der Waals surface area contributed by atoms with Crippen LogP contribution in [0.3, 0.4) is 0 Å². The average Bonchev–Trinajstić information content (AvgIpc) is 2.77. The number of hydrogen-bond donors (Lipinski definition) is 2. The van der Waals surface area contributed by atoms with Crippen molar-refractivity contribution >= 4 is 49.9 Å². The maximum atomic E-state index is 12.6. The lowest BCUT2D eigenvalue weighted by atomic mass is 9.95. The van der Waals surface area contributed by atoms with Crippen LogP contribution in [0.4, 0.5) is 11.4 Å². The van der Waals surface area contributed by atoms with E-state index in [1.807, 2.05) is 67.6 Å². The molecule has 1 fully saturated rings. The Balaban J connectivity index is 1.28. The smallest absolute Gasteiger partial charge is 0.238 e. The van der Waals surface area contributed by atoms with Gasteiger partial charge in [-0.3, -0.25) is 14.5 Å². The van der Waals surface area contributed by atoms with E-state index in [4.69, 9.17) is 0 Å². The van der Waals surface area contributed by atoms with Crippen LogP contribution in [-0.2, 0) is 9.59 Å². The highest BCUT2D eigenvalue weighted by atomic mass is 79.9. The highest BCUT2D eigenvalue weighted by Gasteiger charge is 2.26. The fourth-order valence-corrected chi connectivity index (χ4v) is 4.29. The number of halogens is 1. The third-order valence-electron chi connectivity index (χ3n) is 5.81. The van der Waals surface area contributed by atoms with Crippen LogP contribution < -0.4 is 10.6 Å². The Morgan fingerprint density at radius 3 is 2.52 bits per heavy atom. The van der Waals surface area contributed by atoms with E-state index in [2.05, 4.69) is 31.5 Å². The van der Waals surface area contributed by atoms with Crippen LogP contribution in [0.5, 0.6) is 0 Å². The summed E-state index contributed by atoms with van der Waals surface area (Å²) in [6, 6.07) is 19.8. The third kappa shape index (κ3) is 5.32. The Hall–Kier alpha value is -2.70. The number of benzene rings is 3. The topological polar surface area (TPSA) is 61.4 Å². The zero-order valence-corrected chi connectivity index (χ0v) is 19.1. The molecule has 0 unspecified atom stereocenters. The minimum atomic E-state index is -0.0265. The van der Waals surface area contributed by atoms with E-state index in [9.17, 15) is 9.59 Å². The molecule has 160 valence electrons. The van der Waals surface area contributed by atoms with Crippen molar-refractivity contribution in [3.8, 4) is 0 Å². The summed E-state index contributed by atoms with van der Waals surface area (Å²) in [5.74, 6) is 0.00695. The molecule has 1 saturated heterocycles. The van der Waals surface area contributed by atoms with Crippen LogP contribution in [0.25, 0.3) is 10.8 Å². The van der Waals surface area contributed by atoms with E-state index >= 15 is 0 Å². The quantitative estimate of drug-likeness (QED) is 0.528. The van der Waals surface area contributed by atoms with Gasteiger partial charge in [0, 0.05) is 27.2 Å². The van der Waals surface area contributed by atoms with E-state index < -0.39 is 0 Å². The first kappa shape index (κ1) is 21.5. The molecule has 0 saturated carbocycles. The molecule has 1 heterocycles. The van der Waals surface area contributed by atoms with Gasteiger partial charge >= 0.3 is 0 Å². The standard InChI is InChI=1S/C25H26BrN3O2/c1-17-15-20(9-10-22(17)26)27-25(31)19-11-13-29(14-12-19)16-24(30)28-23-8-4-6-18-5-2-3-7-21(18)23/h2-10,15,19H,11-14,16H2,1H3,(H,27,31)(H,28,30). The van der Waals surface area contributed by atoms with Crippen molar-refractivity contribution in [3.63, 3.8) is 0 Å². The molecule has 0 atom stereocenters. The average molecular weight is 480 g/mol. The molecule has 2 N–H and O–H groups in total. The van der Waals surface area contributed by atoms with Gasteiger partial charge in [-0.15, -0.1) is 0 Å². The Morgan fingerprint density at radius 1 is 1.00 bits per heavy atom. The van der Waals surface area contributed by atoms with Crippen molar-refractivity contribution in [2.45, 2.75) is 19.8 Å². The van der Waals surface area contributed by atoms with E-state index in [-0.39, 0.29) is 17.7 Å². The summed E-state index contributed by atoms with van der Waals surface area (Å²) in [4.78, 5) is 27.4. The van der Waals surface area contributed by atoms with E-state index in [0.717, 1.165) is 58.1 Å². The number of likely N-dealkylation sites (tertiary alicyclic amines) is 1. The molecule has 0 bridgehead atoms. The second-order valence-electron chi connectivity index (χ2n) is 8.08. The van der Waals surface area contributed by atoms with E-state index in [1.165, 1.54) is 0 Å². The second-order valence-corrected chi connectivity index (χ2v) is 8.93. The summed E-state index contributed by atoms with van der Waals surface area (Å²) in [5.41, 5.74) is 2.74. The Bertz CT molecular complexity index is 1100. The first-order chi connectivity index (χ1) is 15.0. The van der Waals surface area contributed by atoms with Crippen LogP contribution in [0.2, 0.25) is 0 Å². The molecule has 3 aromatic carbocycles. The van der Waals surface area contributed by atoms with Crippen LogP contribution >= 0.6 is 15.9 Å². The molecule has 6 heteroatoms. The maximum Gasteiger partial charge on any atom is 0.238 e. The van der Waals surface area contributed by atoms with Gasteiger partial charge in [0.25, 0.3) is 0 Å². The number of anilines is 2. The zero-order valence-electron chi connectivity index (χ0n) is 17.5. The summed E-state index contributed by atoms with van der Waals surface area (Å²) in [7, 11) is 0. The van der Waals surface area contributed by atoms with Gasteiger partial charge in [-0.1, -0.05) is 52.3 Å². The van der Waals surface area contributed by atoms with Gasteiger partial charge in [0.1, 0.15) is 0 Å². The monoisotopic (exact) mass is 479 g/mol. The van der Waals surface area contributed by atoms with Crippen LogP contribution in [0.15, 0.2) is 65.1 Å². The summed E-state index contributed by atoms with van der Waals surface area (Å²) in [5, 5.41) is 8.22. The fraction of sp³-hybridized carbons (Fsp3) is 0.280. The zero-order chi connectivity index (χ0) is 21.8. The Kier molecular flexibility index (Phi) is 6.68. The second kappa shape index (κ2) is 9.62. The molecule has 0 radical (unpaired) electrons. The number of nitrogens with zero attached hydrogens (tertiary/aromatic N) is 1. The number of carbonyl (C=O) groups excluding carboxylic acids is 2. The van der Waals surface area contributed by atoms with Crippen molar-refractivity contribution in [3.05, 3.63) is 70.7 Å². The van der Waals surface area contributed by atoms with Gasteiger partial charge in [-0.25, -0.2) is 0 Å². The lowest BCUT2D eigenvalue weighted by molar-refractivity contribution is -0.121. The van der Waals surface area contributed by atoms with Crippen molar-refractivity contribution in [2.24, 2.45) is 5.92 Å². The number of piperidine rings is 1. The number of aryl methyl sites for hydroxylation is 1. The predicted molar refractivity (Wildman–Crippen MR) is 129 cm³/mol. The van der Waals surface area contributed by atoms with Gasteiger partial charge in [-0.05, 0) is 68.1 Å². The van der Waals surface area contributed by atoms with E-state index in [1.54, 1.807) is 0 Å². The minimum absolute atomic E-state index is 0.0235. The first-order valence-electron chi connectivity index (χ1n) is 10.6. The van der Waals surface area contributed by atoms with E-state index in [0.29, 0.717) is 6.54 Å². The number of amides is 2. The van der Waals surface area contributed by atoms with Crippen LogP contribution in [-0.4, -0.2) is 36.3 Å². The molecule has 0 aliphatic carbocycles. The SMILES string of the molecule is Cc1cc(NC(=O)C2CCN(CC(=O)Nc3cccc4ccccc34)CC2)ccc1Br. The number of nitrogens with one attached hydrogen (secondary N) is 2. The molecular formula is C25H26BrN3O2. The van der Waals surface area contributed by atoms with Crippen LogP contribution in [0, 0.1) is 12.8 Å². The molecular weight excluding hydrogens is 454 g/mol. The Labute approximate surface area is 190 Å². The first-order valence-corrected chi connectivity index (χ1v) is 11.4. The molecule has 5 nitrogen and oxygen atoms in total. The number of carbonyl (C=O) groups is 2. The third-order valence-corrected chi connectivity index (χ3v) is 6.70. The highest BCUT2D eigenvalue weighted by Crippen LogP contribution is 2.24. The molecule has 3 aromatic rings. The fourth-order valence-electron chi connectivity index (χ4n) is 4.05. The minimum Gasteiger partial charge on any atom is -0.326 e. The number of fused-ring (bicyclic) bond motifs is 1. The molecule has 31 heavy (non-hydrogen) atoms. The summed E-state index contributed by atoms with van der Waals surface area (Å²) in [6.07, 6.45) is 1.51. The molecule has 0 aromatic heterocycles. The van der Waals surface area contributed by atoms with Crippen molar-refractivity contribution < 1.29 is 9.59 Å². The molecule has 4 rings (SSSR count). The van der Waals surface area contributed by atoms with Crippen molar-refractivity contribution in [1.82, 2.24) is 4.90 Å². The lowest BCUT2D eigenvalue weighted by Gasteiger charge is -2.30. The molecule has 1 aliphatic rings. The number of hydrogen-bond acceptors (Lipinski definition) is 3. The normalized spacial score (nSPS) is 15.0. The molecule has 1 aliphatic heterocycles. The van der Waals surface area contributed by atoms with Gasteiger partial charge < -0.3 is 10.6 Å². The Morgan fingerprint density at radius 2 is 1.74 bits per heavy atom. The highest BCUT2D eigenvalue weighted by molar-refractivity contribution is 9.10. The van der Waals surface area contributed by atoms with Crippen LogP contribution in [0.1, 0.15) is 18.4 Å². The predicted octanol–water partition coefficient (Wildman–Crippen LogP) is 5.20. The van der Waals surface area contributed by atoms with Crippen molar-refractivity contribution in [1.29, 1.82) is 0 Å². The summed E-state index contributed by atoms with van der Waals surface area (Å²) < 4.78 is 1.03. The van der Waals surface area contributed by atoms with Gasteiger partial charge in [0.2, 0.25) is 11.8 Å². The van der Waals surface area contributed by atoms with Crippen molar-refractivity contribution in [2.75, 3.05) is 30.3 Å². The maximum absolute atomic E-state index is 12.6. The largest absolute Gasteiger partial charge is 0.326 e. The van der Waals surface area contributed by atoms with Gasteiger partial charge in [0.15, 0.2) is 0 Å². The summed E-state index contributed by atoms with van der Waals surface area (Å²) >= 11 is 3.48. The lowest BCUT2D eigenvalue weighted by Crippen LogP contribution is -2.41. The summed E-state index contributed by atoms with van der Waals surface area (Å²) in [6.45, 7) is 3.81. The van der Waals surface area contributed by atoms with Gasteiger partial charge in [0.05, 0.1) is 6.54 Å².